The molecule has 33 nitrogen and oxygen atoms in total. The Morgan fingerprint density at radius 2 is 0.702 bits per heavy atom. The van der Waals surface area contributed by atoms with Crippen molar-refractivity contribution in [2.75, 3.05) is 185 Å². The Bertz CT molecular complexity index is 1630. The van der Waals surface area contributed by atoms with Crippen molar-refractivity contribution in [3.8, 4) is 0 Å². The number of ketones is 1. The molecular weight excluding hydrogens is 1130 g/mol. The number of carbonyl (C=O) groups is 3. The topological polar surface area (TPSA) is 486 Å². The van der Waals surface area contributed by atoms with Crippen molar-refractivity contribution in [3.05, 3.63) is 0 Å². The number of nitrogens with one attached hydrogen (secondary N) is 3. The van der Waals surface area contributed by atoms with Crippen molar-refractivity contribution in [1.82, 2.24) is 16.0 Å². The van der Waals surface area contributed by atoms with E-state index in [1.165, 1.54) is 0 Å². The second kappa shape index (κ2) is 44.8. The predicted molar refractivity (Wildman–Crippen MR) is 288 cm³/mol. The summed E-state index contributed by atoms with van der Waals surface area (Å²) in [5.74, 6) is -0.603. The number of Topliss-reactive ketones (excluding diaryl/α,β-unsaturated/α-hetero) is 1. The van der Waals surface area contributed by atoms with Crippen molar-refractivity contribution in [3.63, 3.8) is 0 Å². The summed E-state index contributed by atoms with van der Waals surface area (Å²) in [5.41, 5.74) is 16.8. The van der Waals surface area contributed by atoms with Crippen LogP contribution in [-0.4, -0.2) is 340 Å². The van der Waals surface area contributed by atoms with Crippen molar-refractivity contribution in [2.24, 2.45) is 22.6 Å². The maximum Gasteiger partial charge on any atom is 0.222 e. The number of nitrogens with two attached hydrogens (primary N) is 3. The quantitative estimate of drug-likeness (QED) is 0.0252. The largest absolute Gasteiger partial charge is 0.394 e. The highest BCUT2D eigenvalue weighted by molar-refractivity contribution is 5.80. The van der Waals surface area contributed by atoms with E-state index in [1.54, 1.807) is 0 Å². The van der Waals surface area contributed by atoms with Crippen LogP contribution in [-0.2, 0) is 85.4 Å². The highest BCUT2D eigenvalue weighted by Crippen LogP contribution is 2.23. The fraction of sp³-hybridized carbons (Fsp3) is 0.941. The number of aliphatic hydroxyl groups is 9. The average Bonchev–Trinajstić information content (AvgIpc) is 3.65. The third kappa shape index (κ3) is 30.1. The van der Waals surface area contributed by atoms with Crippen molar-refractivity contribution in [2.45, 2.75) is 118 Å². The van der Waals surface area contributed by atoms with E-state index in [4.69, 9.17) is 88.3 Å². The number of aliphatic hydroxyl groups excluding tert-OH is 9. The molecule has 0 aromatic rings. The van der Waals surface area contributed by atoms with Crippen LogP contribution in [0.3, 0.4) is 0 Å². The SMILES string of the molecule is CC(COCCC(=O)CNCCOCCOCCOC1OC(CO)C(O)C(O)C1N)(COCCC(=O)NCCOCCOCCOC1OC(CO)C(O)C(O)C1N)COCCC(=O)NCCOCCOCCOC1OC(CO)C(O)C(O)C1N. The van der Waals surface area contributed by atoms with Crippen LogP contribution in [0, 0.1) is 5.41 Å². The highest BCUT2D eigenvalue weighted by Gasteiger charge is 2.45. The summed E-state index contributed by atoms with van der Waals surface area (Å²) in [6, 6.07) is -3.01. The molecule has 3 aliphatic heterocycles. The van der Waals surface area contributed by atoms with Crippen LogP contribution in [0.15, 0.2) is 0 Å². The van der Waals surface area contributed by atoms with Gasteiger partial charge in [0.2, 0.25) is 11.8 Å². The highest BCUT2D eigenvalue weighted by atomic mass is 16.7. The van der Waals surface area contributed by atoms with Gasteiger partial charge in [0.05, 0.1) is 183 Å². The molecule has 2 amide bonds. The zero-order chi connectivity index (χ0) is 61.5. The van der Waals surface area contributed by atoms with E-state index in [0.717, 1.165) is 0 Å². The summed E-state index contributed by atoms with van der Waals surface area (Å²) in [5, 5.41) is 96.4. The Kier molecular flexibility index (Phi) is 40.4. The first kappa shape index (κ1) is 75.7. The lowest BCUT2D eigenvalue weighted by Gasteiger charge is -2.40. The molecule has 15 atom stereocenters. The lowest BCUT2D eigenvalue weighted by molar-refractivity contribution is -0.267. The molecule has 18 N–H and O–H groups in total. The molecule has 33 heteroatoms. The fourth-order valence-corrected chi connectivity index (χ4v) is 8.16. The van der Waals surface area contributed by atoms with E-state index >= 15 is 0 Å². The van der Waals surface area contributed by atoms with E-state index in [2.05, 4.69) is 16.0 Å². The molecule has 0 bridgehead atoms. The summed E-state index contributed by atoms with van der Waals surface area (Å²) in [6.45, 7) is 5.04. The van der Waals surface area contributed by atoms with Gasteiger partial charge in [-0.05, 0) is 0 Å². The number of carbonyl (C=O) groups excluding carboxylic acids is 3. The van der Waals surface area contributed by atoms with Gasteiger partial charge in [-0.1, -0.05) is 6.92 Å². The van der Waals surface area contributed by atoms with Crippen LogP contribution < -0.4 is 33.2 Å². The van der Waals surface area contributed by atoms with Gasteiger partial charge in [-0.3, -0.25) is 14.4 Å². The molecule has 494 valence electrons. The van der Waals surface area contributed by atoms with E-state index in [1.807, 2.05) is 6.92 Å². The molecule has 0 radical (unpaired) electrons. The van der Waals surface area contributed by atoms with Gasteiger partial charge in [0.1, 0.15) is 60.7 Å². The predicted octanol–water partition coefficient (Wildman–Crippen LogP) is -8.95. The van der Waals surface area contributed by atoms with Crippen molar-refractivity contribution < 1.29 is 131 Å². The molecule has 0 spiro atoms. The van der Waals surface area contributed by atoms with Crippen LogP contribution in [0.25, 0.3) is 0 Å². The molecule has 3 fully saturated rings. The Morgan fingerprint density at radius 3 is 1.04 bits per heavy atom. The number of rotatable bonds is 50. The third-order valence-electron chi connectivity index (χ3n) is 13.1. The van der Waals surface area contributed by atoms with Crippen LogP contribution in [0.1, 0.15) is 26.2 Å². The Morgan fingerprint density at radius 1 is 0.405 bits per heavy atom. The molecule has 15 unspecified atom stereocenters. The molecule has 0 aromatic carbocycles. The van der Waals surface area contributed by atoms with E-state index in [0.29, 0.717) is 13.2 Å². The monoisotopic (exact) mass is 1230 g/mol. The molecule has 3 saturated heterocycles. The number of amides is 2. The summed E-state index contributed by atoms with van der Waals surface area (Å²) < 4.78 is 83.3. The van der Waals surface area contributed by atoms with Crippen LogP contribution >= 0.6 is 0 Å². The summed E-state index contributed by atoms with van der Waals surface area (Å²) in [6.07, 6.45) is -13.8. The van der Waals surface area contributed by atoms with Gasteiger partial charge in [-0.15, -0.1) is 0 Å². The molecule has 3 aliphatic rings. The second-order valence-corrected chi connectivity index (χ2v) is 20.3. The number of ether oxygens (including phenoxy) is 15. The zero-order valence-electron chi connectivity index (χ0n) is 48.2. The molecule has 0 aliphatic carbocycles. The smallest absolute Gasteiger partial charge is 0.222 e. The van der Waals surface area contributed by atoms with E-state index in [-0.39, 0.29) is 189 Å². The molecular formula is C51H98N6O27. The number of hydrogen-bond donors (Lipinski definition) is 15. The van der Waals surface area contributed by atoms with Gasteiger partial charge >= 0.3 is 0 Å². The fourth-order valence-electron chi connectivity index (χ4n) is 8.16. The minimum absolute atomic E-state index is 0.0604. The molecule has 3 rings (SSSR count). The molecule has 0 aromatic heterocycles. The summed E-state index contributed by atoms with van der Waals surface area (Å²) >= 11 is 0. The minimum atomic E-state index is -1.33. The second-order valence-electron chi connectivity index (χ2n) is 20.3. The Balaban J connectivity index is 1.26. The number of hydrogen-bond acceptors (Lipinski definition) is 31. The first-order chi connectivity index (χ1) is 40.5. The van der Waals surface area contributed by atoms with Gasteiger partial charge in [-0.2, -0.15) is 0 Å². The average molecular weight is 1230 g/mol. The van der Waals surface area contributed by atoms with Gasteiger partial charge in [0, 0.05) is 44.3 Å². The molecule has 0 saturated carbocycles. The Hall–Kier alpha value is -2.51. The lowest BCUT2D eigenvalue weighted by Crippen LogP contribution is -2.62. The maximum absolute atomic E-state index is 12.6. The van der Waals surface area contributed by atoms with Gasteiger partial charge in [0.25, 0.3) is 0 Å². The first-order valence-corrected chi connectivity index (χ1v) is 28.4. The van der Waals surface area contributed by atoms with Crippen LogP contribution in [0.4, 0.5) is 0 Å². The zero-order valence-corrected chi connectivity index (χ0v) is 48.2. The van der Waals surface area contributed by atoms with Crippen LogP contribution in [0.2, 0.25) is 0 Å². The van der Waals surface area contributed by atoms with Gasteiger partial charge in [0.15, 0.2) is 18.9 Å². The molecule has 84 heavy (non-hydrogen) atoms. The maximum atomic E-state index is 12.6. The molecule has 3 heterocycles. The van der Waals surface area contributed by atoms with Crippen molar-refractivity contribution >= 4 is 17.6 Å². The Labute approximate surface area is 489 Å². The van der Waals surface area contributed by atoms with Crippen LogP contribution in [0.5, 0.6) is 0 Å². The standard InChI is InChI=1S/C51H98N6O27/c1-51(31-77-9-3-37(62)56-6-12-71-15-18-74-21-24-80-49-40(53)46(68)43(65)35(28-59)83-49,32-78-10-4-38(63)57-7-13-72-16-19-75-22-25-81-50-41(54)47(69)44(66)36(29-60)84-50)30-76-8-2-33(61)26-55-5-11-70-14-17-73-20-23-79-48-39(52)45(67)42(64)34(27-58)82-48/h34-36,39-50,55,58-60,64-69H,2-32,52-54H2,1H3,(H,56,62)(H,57,63). The summed E-state index contributed by atoms with van der Waals surface area (Å²) in [7, 11) is 0. The summed E-state index contributed by atoms with van der Waals surface area (Å²) in [4.78, 5) is 37.7. The third-order valence-corrected chi connectivity index (χ3v) is 13.1. The van der Waals surface area contributed by atoms with Crippen molar-refractivity contribution in [1.29, 1.82) is 0 Å². The van der Waals surface area contributed by atoms with Gasteiger partial charge < -0.3 is 150 Å². The first-order valence-electron chi connectivity index (χ1n) is 28.4. The van der Waals surface area contributed by atoms with E-state index < -0.39 is 117 Å². The lowest BCUT2D eigenvalue weighted by atomic mass is 9.94. The minimum Gasteiger partial charge on any atom is -0.394 e. The van der Waals surface area contributed by atoms with E-state index in [9.17, 15) is 60.3 Å². The van der Waals surface area contributed by atoms with Gasteiger partial charge in [-0.25, -0.2) is 0 Å². The normalized spacial score (nSPS) is 28.9.